The van der Waals surface area contributed by atoms with Crippen molar-refractivity contribution in [1.29, 1.82) is 0 Å². The van der Waals surface area contributed by atoms with E-state index in [0.29, 0.717) is 29.7 Å². The monoisotopic (exact) mass is 532 g/mol. The Balaban J connectivity index is 1.36. The molecule has 0 bridgehead atoms. The fourth-order valence-corrected chi connectivity index (χ4v) is 3.66. The molecule has 0 unspecified atom stereocenters. The van der Waals surface area contributed by atoms with E-state index in [1.807, 2.05) is 11.5 Å². The van der Waals surface area contributed by atoms with Crippen LogP contribution in [0.5, 0.6) is 0 Å². The summed E-state index contributed by atoms with van der Waals surface area (Å²) in [7, 11) is -1.04. The number of aliphatic imine (C=N–C) groups is 1. The molecule has 4 rings (SSSR count). The van der Waals surface area contributed by atoms with Gasteiger partial charge in [0.25, 0.3) is 5.91 Å². The highest BCUT2D eigenvalue weighted by Crippen LogP contribution is 2.23. The largest absolute Gasteiger partial charge is 0.491 e. The van der Waals surface area contributed by atoms with Gasteiger partial charge in [0.2, 0.25) is 5.82 Å². The predicted octanol–water partition coefficient (Wildman–Crippen LogP) is 1.13. The van der Waals surface area contributed by atoms with Crippen molar-refractivity contribution in [1.82, 2.24) is 21.1 Å². The normalized spacial score (nSPS) is 13.4. The molecule has 5 N–H and O–H groups in total. The third-order valence-electron chi connectivity index (χ3n) is 4.99. The van der Waals surface area contributed by atoms with Crippen LogP contribution in [-0.4, -0.2) is 59.1 Å². The number of benzene rings is 2. The maximum absolute atomic E-state index is 13.4. The van der Waals surface area contributed by atoms with E-state index in [9.17, 15) is 19.4 Å². The lowest BCUT2D eigenvalue weighted by Gasteiger charge is -2.19. The van der Waals surface area contributed by atoms with Gasteiger partial charge in [-0.25, -0.2) is 14.0 Å². The van der Waals surface area contributed by atoms with Crippen molar-refractivity contribution in [3.63, 3.8) is 0 Å². The topological polar surface area (TPSA) is 154 Å². The van der Waals surface area contributed by atoms with Gasteiger partial charge in [-0.2, -0.15) is 0 Å². The summed E-state index contributed by atoms with van der Waals surface area (Å²) in [6.07, 6.45) is 0.679. The van der Waals surface area contributed by atoms with Crippen molar-refractivity contribution in [2.45, 2.75) is 6.42 Å². The fraction of sp³-hybridized carbons (Fsp3) is 0.200. The Morgan fingerprint density at radius 3 is 2.88 bits per heavy atom. The molecule has 14 heteroatoms. The number of amidine groups is 1. The number of carbonyl (C=O) groups is 1. The van der Waals surface area contributed by atoms with E-state index in [4.69, 9.17) is 9.28 Å². The fourth-order valence-electron chi connectivity index (χ4n) is 3.30. The summed E-state index contributed by atoms with van der Waals surface area (Å²) in [5.41, 5.74) is 4.28. The number of fused-ring (bicyclic) bond motifs is 1. The van der Waals surface area contributed by atoms with Crippen LogP contribution < -0.4 is 21.6 Å². The lowest BCUT2D eigenvalue weighted by Crippen LogP contribution is -2.42. The third-order valence-corrected chi connectivity index (χ3v) is 5.59. The Labute approximate surface area is 201 Å². The highest BCUT2D eigenvalue weighted by molar-refractivity contribution is 9.10. The smallest absolute Gasteiger partial charge is 0.423 e. The van der Waals surface area contributed by atoms with Crippen molar-refractivity contribution in [3.8, 4) is 0 Å². The first-order chi connectivity index (χ1) is 16.5. The molecule has 2 heterocycles. The molecule has 3 aromatic rings. The van der Waals surface area contributed by atoms with Crippen LogP contribution in [0.25, 0.3) is 0 Å². The van der Waals surface area contributed by atoms with Crippen molar-refractivity contribution >= 4 is 51.8 Å². The molecule has 0 saturated heterocycles. The second kappa shape index (κ2) is 10.7. The number of amides is 1. The van der Waals surface area contributed by atoms with Gasteiger partial charge >= 0.3 is 7.12 Å². The molecule has 176 valence electrons. The van der Waals surface area contributed by atoms with Crippen LogP contribution in [0.1, 0.15) is 21.6 Å². The number of hydrogen-bond acceptors (Lipinski definition) is 9. The molecule has 0 fully saturated rings. The van der Waals surface area contributed by atoms with E-state index in [-0.39, 0.29) is 40.8 Å². The zero-order valence-electron chi connectivity index (χ0n) is 17.6. The summed E-state index contributed by atoms with van der Waals surface area (Å²) < 4.78 is 23.6. The summed E-state index contributed by atoms with van der Waals surface area (Å²) in [6, 6.07) is 9.18. The summed E-state index contributed by atoms with van der Waals surface area (Å²) in [5, 5.41) is 32.6. The lowest BCUT2D eigenvalue weighted by atomic mass is 9.73. The second-order valence-electron chi connectivity index (χ2n) is 7.20. The Bertz CT molecular complexity index is 1230. The summed E-state index contributed by atoms with van der Waals surface area (Å²) in [4.78, 5) is 16.6. The van der Waals surface area contributed by atoms with E-state index in [1.165, 1.54) is 18.2 Å². The first kappa shape index (κ1) is 23.8. The van der Waals surface area contributed by atoms with E-state index >= 15 is 0 Å². The molecule has 0 spiro atoms. The van der Waals surface area contributed by atoms with Crippen LogP contribution in [0, 0.1) is 5.82 Å². The lowest BCUT2D eigenvalue weighted by molar-refractivity contribution is 0.0955. The van der Waals surface area contributed by atoms with Gasteiger partial charge in [-0.15, -0.1) is 0 Å². The number of anilines is 1. The molecular weight excluding hydrogens is 514 g/mol. The summed E-state index contributed by atoms with van der Waals surface area (Å²) in [6.45, 7) is 0.916. The number of carbonyl (C=O) groups excluding carboxylic acids is 1. The summed E-state index contributed by atoms with van der Waals surface area (Å²) in [5.74, 6) is -0.683. The maximum Gasteiger partial charge on any atom is 0.491 e. The van der Waals surface area contributed by atoms with Gasteiger partial charge in [0.05, 0.1) is 10.2 Å². The van der Waals surface area contributed by atoms with Crippen LogP contribution in [0.3, 0.4) is 0 Å². The second-order valence-corrected chi connectivity index (χ2v) is 8.06. The molecule has 1 amide bonds. The third kappa shape index (κ3) is 5.42. The van der Waals surface area contributed by atoms with E-state index in [2.05, 4.69) is 41.9 Å². The van der Waals surface area contributed by atoms with E-state index < -0.39 is 12.9 Å². The van der Waals surface area contributed by atoms with Crippen molar-refractivity contribution in [3.05, 3.63) is 63.5 Å². The number of hydroxylamine groups is 1. The molecule has 2 aromatic carbocycles. The van der Waals surface area contributed by atoms with Crippen molar-refractivity contribution in [2.75, 3.05) is 25.0 Å². The minimum atomic E-state index is -1.04. The van der Waals surface area contributed by atoms with Gasteiger partial charge in [-0.3, -0.25) is 15.5 Å². The van der Waals surface area contributed by atoms with E-state index in [1.54, 1.807) is 12.1 Å². The van der Waals surface area contributed by atoms with Gasteiger partial charge in [-0.1, -0.05) is 6.07 Å². The number of nitrogens with zero attached hydrogens (tertiary/aromatic N) is 3. The molecule has 0 atom stereocenters. The Hall–Kier alpha value is -3.33. The number of hydrogen-bond donors (Lipinski definition) is 5. The zero-order valence-corrected chi connectivity index (χ0v) is 19.2. The first-order valence-electron chi connectivity index (χ1n) is 10.2. The Kier molecular flexibility index (Phi) is 7.52. The van der Waals surface area contributed by atoms with Gasteiger partial charge in [-0.05, 0) is 74.0 Å². The van der Waals surface area contributed by atoms with Crippen molar-refractivity contribution in [2.24, 2.45) is 4.99 Å². The minimum Gasteiger partial charge on any atom is -0.423 e. The standard InChI is InChI=1S/C20H19BBrFN6O5/c22-15-10-13(3-4-16(15)23)26-19(27-32)17-18(29-34-28-17)24-6-7-25-20(30)12-2-1-11-5-8-33-21(31)14(11)9-12/h1-4,9-10,31-32H,5-8H2,(H,24,29)(H,25,30)(H,26,27). The van der Waals surface area contributed by atoms with Crippen LogP contribution in [0.2, 0.25) is 0 Å². The maximum atomic E-state index is 13.4. The number of rotatable bonds is 7. The van der Waals surface area contributed by atoms with E-state index in [0.717, 1.165) is 5.56 Å². The SMILES string of the molecule is O=C(NCCNc1nonc1C(=Nc1ccc(F)c(Br)c1)NO)c1ccc2c(c1)B(O)OCC2. The van der Waals surface area contributed by atoms with Crippen LogP contribution in [0.15, 0.2) is 50.5 Å². The molecule has 1 aliphatic heterocycles. The van der Waals surface area contributed by atoms with Crippen LogP contribution >= 0.6 is 15.9 Å². The average Bonchev–Trinajstić information content (AvgIpc) is 3.30. The molecule has 34 heavy (non-hydrogen) atoms. The molecule has 0 radical (unpaired) electrons. The van der Waals surface area contributed by atoms with Crippen LogP contribution in [0.4, 0.5) is 15.9 Å². The minimum absolute atomic E-state index is 0.0814. The molecule has 11 nitrogen and oxygen atoms in total. The zero-order chi connectivity index (χ0) is 24.1. The number of nitrogens with one attached hydrogen (secondary N) is 3. The predicted molar refractivity (Wildman–Crippen MR) is 124 cm³/mol. The number of halogens is 2. The highest BCUT2D eigenvalue weighted by atomic mass is 79.9. The van der Waals surface area contributed by atoms with Crippen LogP contribution in [-0.2, 0) is 11.1 Å². The number of aromatic nitrogens is 2. The highest BCUT2D eigenvalue weighted by Gasteiger charge is 2.25. The first-order valence-corrected chi connectivity index (χ1v) is 11.0. The Morgan fingerprint density at radius 2 is 2.09 bits per heavy atom. The molecule has 0 aliphatic carbocycles. The Morgan fingerprint density at radius 1 is 1.24 bits per heavy atom. The molecule has 0 saturated carbocycles. The average molecular weight is 533 g/mol. The quantitative estimate of drug-likeness (QED) is 0.0989. The molecule has 1 aliphatic rings. The van der Waals surface area contributed by atoms with Gasteiger partial charge in [0.1, 0.15) is 5.82 Å². The van der Waals surface area contributed by atoms with Gasteiger partial charge in [0.15, 0.2) is 11.5 Å². The van der Waals surface area contributed by atoms with Gasteiger partial charge < -0.3 is 20.3 Å². The van der Waals surface area contributed by atoms with Gasteiger partial charge in [0, 0.05) is 25.3 Å². The summed E-state index contributed by atoms with van der Waals surface area (Å²) >= 11 is 3.07. The molecule has 1 aromatic heterocycles. The molecular formula is C20H19BBrFN6O5. The van der Waals surface area contributed by atoms with Crippen molar-refractivity contribution < 1.29 is 28.7 Å².